The number of halogens is 2. The first-order chi connectivity index (χ1) is 12.2. The topological polar surface area (TPSA) is 35.0 Å². The van der Waals surface area contributed by atoms with E-state index in [0.29, 0.717) is 27.5 Å². The van der Waals surface area contributed by atoms with E-state index in [0.717, 1.165) is 16.5 Å². The number of hydrogen-bond donors (Lipinski definition) is 0. The molecule has 0 aliphatic heterocycles. The Bertz CT molecular complexity index is 1050. The van der Waals surface area contributed by atoms with Crippen LogP contribution in [0.3, 0.4) is 0 Å². The number of benzene rings is 3. The molecule has 0 N–H and O–H groups in total. The second-order valence-corrected chi connectivity index (χ2v) is 6.26. The van der Waals surface area contributed by atoms with Gasteiger partial charge < -0.3 is 4.74 Å². The van der Waals surface area contributed by atoms with Gasteiger partial charge in [-0.1, -0.05) is 65.7 Å². The molecule has 0 aliphatic carbocycles. The van der Waals surface area contributed by atoms with E-state index in [1.165, 1.54) is 0 Å². The van der Waals surface area contributed by atoms with Gasteiger partial charge >= 0.3 is 0 Å². The van der Waals surface area contributed by atoms with Crippen LogP contribution in [0, 0.1) is 0 Å². The molecule has 1 aromatic heterocycles. The molecular weight excluding hydrogens is 355 g/mol. The molecule has 122 valence electrons. The third-order valence-electron chi connectivity index (χ3n) is 3.70. The van der Waals surface area contributed by atoms with Crippen molar-refractivity contribution in [3.05, 3.63) is 82.8 Å². The standard InChI is InChI=1S/C20H12Cl2N2O/c21-14-10-11-18(16(22)12-14)25-20-15-8-4-5-9-17(15)23-19(24-20)13-6-2-1-3-7-13/h1-12H. The molecule has 0 bridgehead atoms. The van der Waals surface area contributed by atoms with Crippen molar-refractivity contribution in [3.63, 3.8) is 0 Å². The molecule has 0 fully saturated rings. The average Bonchev–Trinajstić information content (AvgIpc) is 2.64. The maximum Gasteiger partial charge on any atom is 0.230 e. The second-order valence-electron chi connectivity index (χ2n) is 5.41. The van der Waals surface area contributed by atoms with Crippen molar-refractivity contribution in [2.45, 2.75) is 0 Å². The van der Waals surface area contributed by atoms with Gasteiger partial charge in [-0.15, -0.1) is 0 Å². The second kappa shape index (κ2) is 6.71. The summed E-state index contributed by atoms with van der Waals surface area (Å²) in [4.78, 5) is 9.24. The number of para-hydroxylation sites is 1. The number of aromatic nitrogens is 2. The molecule has 4 aromatic rings. The van der Waals surface area contributed by atoms with Crippen LogP contribution in [0.15, 0.2) is 72.8 Å². The molecule has 4 rings (SSSR count). The first-order valence-electron chi connectivity index (χ1n) is 7.66. The molecule has 0 saturated heterocycles. The van der Waals surface area contributed by atoms with E-state index in [-0.39, 0.29) is 0 Å². The third kappa shape index (κ3) is 3.29. The smallest absolute Gasteiger partial charge is 0.230 e. The van der Waals surface area contributed by atoms with E-state index >= 15 is 0 Å². The van der Waals surface area contributed by atoms with Gasteiger partial charge in [0.25, 0.3) is 0 Å². The lowest BCUT2D eigenvalue weighted by Crippen LogP contribution is -1.96. The van der Waals surface area contributed by atoms with Crippen LogP contribution in [0.1, 0.15) is 0 Å². The molecule has 0 saturated carbocycles. The molecule has 0 radical (unpaired) electrons. The highest BCUT2D eigenvalue weighted by Crippen LogP contribution is 2.34. The van der Waals surface area contributed by atoms with Crippen molar-refractivity contribution in [2.24, 2.45) is 0 Å². The Morgan fingerprint density at radius 2 is 1.52 bits per heavy atom. The Morgan fingerprint density at radius 3 is 2.32 bits per heavy atom. The van der Waals surface area contributed by atoms with E-state index in [1.54, 1.807) is 18.2 Å². The Kier molecular flexibility index (Phi) is 4.26. The number of hydrogen-bond acceptors (Lipinski definition) is 3. The predicted molar refractivity (Wildman–Crippen MR) is 102 cm³/mol. The molecule has 0 unspecified atom stereocenters. The highest BCUT2D eigenvalue weighted by Gasteiger charge is 2.12. The molecule has 0 amide bonds. The summed E-state index contributed by atoms with van der Waals surface area (Å²) in [5.41, 5.74) is 1.72. The Balaban J connectivity index is 1.86. The summed E-state index contributed by atoms with van der Waals surface area (Å²) < 4.78 is 6.00. The number of ether oxygens (including phenoxy) is 1. The van der Waals surface area contributed by atoms with Gasteiger partial charge in [0.15, 0.2) is 5.82 Å². The molecule has 0 aliphatic rings. The summed E-state index contributed by atoms with van der Waals surface area (Å²) in [5, 5.41) is 1.79. The van der Waals surface area contributed by atoms with Crippen LogP contribution in [-0.4, -0.2) is 9.97 Å². The Morgan fingerprint density at radius 1 is 0.760 bits per heavy atom. The van der Waals surface area contributed by atoms with Crippen LogP contribution in [0.25, 0.3) is 22.3 Å². The maximum absolute atomic E-state index is 6.23. The minimum absolute atomic E-state index is 0.427. The molecule has 3 aromatic carbocycles. The SMILES string of the molecule is Clc1ccc(Oc2nc(-c3ccccc3)nc3ccccc23)c(Cl)c1. The molecule has 0 spiro atoms. The molecule has 5 heteroatoms. The van der Waals surface area contributed by atoms with Gasteiger partial charge in [0.2, 0.25) is 5.88 Å². The highest BCUT2D eigenvalue weighted by atomic mass is 35.5. The van der Waals surface area contributed by atoms with Crippen molar-refractivity contribution >= 4 is 34.1 Å². The lowest BCUT2D eigenvalue weighted by molar-refractivity contribution is 0.469. The van der Waals surface area contributed by atoms with Gasteiger partial charge in [-0.25, -0.2) is 4.98 Å². The monoisotopic (exact) mass is 366 g/mol. The fourth-order valence-electron chi connectivity index (χ4n) is 2.50. The van der Waals surface area contributed by atoms with E-state index in [1.807, 2.05) is 54.6 Å². The number of nitrogens with zero attached hydrogens (tertiary/aromatic N) is 2. The summed E-state index contributed by atoms with van der Waals surface area (Å²) in [6, 6.07) is 22.6. The highest BCUT2D eigenvalue weighted by molar-refractivity contribution is 6.35. The van der Waals surface area contributed by atoms with Gasteiger partial charge in [-0.05, 0) is 30.3 Å². The van der Waals surface area contributed by atoms with Crippen LogP contribution in [0.4, 0.5) is 0 Å². The lowest BCUT2D eigenvalue weighted by Gasteiger charge is -2.11. The molecule has 1 heterocycles. The molecular formula is C20H12Cl2N2O. The molecule has 0 atom stereocenters. The van der Waals surface area contributed by atoms with Crippen molar-refractivity contribution in [2.75, 3.05) is 0 Å². The normalized spacial score (nSPS) is 10.8. The first-order valence-corrected chi connectivity index (χ1v) is 8.41. The first kappa shape index (κ1) is 15.9. The van der Waals surface area contributed by atoms with Crippen molar-refractivity contribution in [1.29, 1.82) is 0 Å². The largest absolute Gasteiger partial charge is 0.437 e. The third-order valence-corrected chi connectivity index (χ3v) is 4.23. The summed E-state index contributed by atoms with van der Waals surface area (Å²) >= 11 is 12.2. The van der Waals surface area contributed by atoms with Crippen LogP contribution in [0.5, 0.6) is 11.6 Å². The van der Waals surface area contributed by atoms with Crippen molar-refractivity contribution in [1.82, 2.24) is 9.97 Å². The summed E-state index contributed by atoms with van der Waals surface area (Å²) in [6.45, 7) is 0. The van der Waals surface area contributed by atoms with Gasteiger partial charge in [0.05, 0.1) is 15.9 Å². The zero-order chi connectivity index (χ0) is 17.2. The fourth-order valence-corrected chi connectivity index (χ4v) is 2.95. The van der Waals surface area contributed by atoms with Crippen LogP contribution < -0.4 is 4.74 Å². The summed E-state index contributed by atoms with van der Waals surface area (Å²) in [5.74, 6) is 1.54. The quantitative estimate of drug-likeness (QED) is 0.420. The lowest BCUT2D eigenvalue weighted by atomic mass is 10.2. The van der Waals surface area contributed by atoms with Crippen molar-refractivity contribution < 1.29 is 4.74 Å². The summed E-state index contributed by atoms with van der Waals surface area (Å²) in [6.07, 6.45) is 0. The zero-order valence-electron chi connectivity index (χ0n) is 13.0. The number of fused-ring (bicyclic) bond motifs is 1. The maximum atomic E-state index is 6.23. The Labute approximate surface area is 154 Å². The minimum Gasteiger partial charge on any atom is -0.437 e. The van der Waals surface area contributed by atoms with Crippen LogP contribution in [-0.2, 0) is 0 Å². The minimum atomic E-state index is 0.427. The van der Waals surface area contributed by atoms with Crippen LogP contribution in [0.2, 0.25) is 10.0 Å². The van der Waals surface area contributed by atoms with Gasteiger partial charge in [0.1, 0.15) is 5.75 Å². The fraction of sp³-hybridized carbons (Fsp3) is 0. The van der Waals surface area contributed by atoms with E-state index in [4.69, 9.17) is 27.9 Å². The Hall–Kier alpha value is -2.62. The van der Waals surface area contributed by atoms with E-state index in [9.17, 15) is 0 Å². The van der Waals surface area contributed by atoms with Gasteiger partial charge in [-0.2, -0.15) is 4.98 Å². The van der Waals surface area contributed by atoms with Crippen molar-refractivity contribution in [3.8, 4) is 23.0 Å². The van der Waals surface area contributed by atoms with E-state index in [2.05, 4.69) is 9.97 Å². The van der Waals surface area contributed by atoms with E-state index < -0.39 is 0 Å². The molecule has 25 heavy (non-hydrogen) atoms. The zero-order valence-corrected chi connectivity index (χ0v) is 14.5. The molecule has 3 nitrogen and oxygen atoms in total. The van der Waals surface area contributed by atoms with Crippen LogP contribution >= 0.6 is 23.2 Å². The summed E-state index contributed by atoms with van der Waals surface area (Å²) in [7, 11) is 0. The number of rotatable bonds is 3. The van der Waals surface area contributed by atoms with Gasteiger partial charge in [-0.3, -0.25) is 0 Å². The van der Waals surface area contributed by atoms with Gasteiger partial charge in [0, 0.05) is 10.6 Å². The average molecular weight is 367 g/mol. The predicted octanol–water partition coefficient (Wildman–Crippen LogP) is 6.40.